The van der Waals surface area contributed by atoms with Crippen molar-refractivity contribution in [2.45, 2.75) is 39.4 Å². The van der Waals surface area contributed by atoms with E-state index in [2.05, 4.69) is 24.4 Å². The largest absolute Gasteiger partial charge is 0.472 e. The summed E-state index contributed by atoms with van der Waals surface area (Å²) in [6, 6.07) is 1.60. The molecule has 0 amide bonds. The molecule has 0 radical (unpaired) electrons. The minimum atomic E-state index is -3.33. The lowest BCUT2D eigenvalue weighted by Gasteiger charge is -2.22. The highest BCUT2D eigenvalue weighted by Crippen LogP contribution is 2.23. The number of sulfonamides is 1. The summed E-state index contributed by atoms with van der Waals surface area (Å²) in [7, 11) is -3.33. The Hall–Kier alpha value is -1.71. The summed E-state index contributed by atoms with van der Waals surface area (Å²) in [6.45, 7) is 7.27. The molecule has 0 saturated carbocycles. The van der Waals surface area contributed by atoms with E-state index in [1.54, 1.807) is 12.5 Å². The maximum atomic E-state index is 11.7. The summed E-state index contributed by atoms with van der Waals surface area (Å²) in [5, 5.41) is 8.61. The van der Waals surface area contributed by atoms with Gasteiger partial charge in [-0.1, -0.05) is 13.8 Å². The molecule has 1 unspecified atom stereocenters. The van der Waals surface area contributed by atoms with Gasteiger partial charge in [0.05, 0.1) is 24.8 Å². The highest BCUT2D eigenvalue weighted by Gasteiger charge is 2.28. The Balaban J connectivity index is 1.77. The fourth-order valence-electron chi connectivity index (χ4n) is 3.14. The summed E-state index contributed by atoms with van der Waals surface area (Å²) in [6.07, 6.45) is 5.41. The first-order chi connectivity index (χ1) is 11.8. The van der Waals surface area contributed by atoms with Gasteiger partial charge in [0.1, 0.15) is 5.82 Å². The van der Waals surface area contributed by atoms with E-state index in [-0.39, 0.29) is 12.0 Å². The van der Waals surface area contributed by atoms with Crippen LogP contribution in [0.1, 0.15) is 37.1 Å². The van der Waals surface area contributed by atoms with Gasteiger partial charge in [-0.05, 0) is 12.0 Å². The molecule has 0 aromatic carbocycles. The van der Waals surface area contributed by atoms with Gasteiger partial charge in [0.15, 0.2) is 5.82 Å². The van der Waals surface area contributed by atoms with Crippen LogP contribution in [0.3, 0.4) is 0 Å². The number of rotatable bonds is 6. The lowest BCUT2D eigenvalue weighted by atomic mass is 10.1. The molecule has 1 N–H and O–H groups in total. The molecule has 1 aliphatic heterocycles. The third-order valence-electron chi connectivity index (χ3n) is 4.42. The van der Waals surface area contributed by atoms with Crippen LogP contribution >= 0.6 is 0 Å². The molecule has 138 valence electrons. The fraction of sp³-hybridized carbons (Fsp3) is 0.625. The van der Waals surface area contributed by atoms with E-state index in [9.17, 15) is 8.42 Å². The lowest BCUT2D eigenvalue weighted by molar-refractivity contribution is 0.268. The molecule has 1 aliphatic rings. The minimum Gasteiger partial charge on any atom is -0.472 e. The van der Waals surface area contributed by atoms with Crippen molar-refractivity contribution in [3.05, 3.63) is 35.8 Å². The average Bonchev–Trinajstić information content (AvgIpc) is 3.12. The predicted molar refractivity (Wildman–Crippen MR) is 93.3 cm³/mol. The van der Waals surface area contributed by atoms with Crippen molar-refractivity contribution in [2.24, 2.45) is 5.92 Å². The van der Waals surface area contributed by atoms with Crippen LogP contribution in [0.5, 0.6) is 0 Å². The quantitative estimate of drug-likeness (QED) is 0.824. The number of aromatic nitrogens is 3. The van der Waals surface area contributed by atoms with Gasteiger partial charge in [-0.15, -0.1) is 10.2 Å². The first kappa shape index (κ1) is 18.1. The summed E-state index contributed by atoms with van der Waals surface area (Å²) in [5.41, 5.74) is 1.15. The van der Waals surface area contributed by atoms with Crippen LogP contribution in [0, 0.1) is 5.92 Å². The summed E-state index contributed by atoms with van der Waals surface area (Å²) < 4.78 is 33.3. The fourth-order valence-corrected chi connectivity index (χ4v) is 3.97. The van der Waals surface area contributed by atoms with Crippen LogP contribution in [0.2, 0.25) is 0 Å². The molecule has 0 spiro atoms. The summed E-state index contributed by atoms with van der Waals surface area (Å²) >= 11 is 0. The van der Waals surface area contributed by atoms with Gasteiger partial charge in [-0.25, -0.2) is 13.1 Å². The number of nitrogens with one attached hydrogen (secondary N) is 1. The van der Waals surface area contributed by atoms with Gasteiger partial charge in [0.2, 0.25) is 10.0 Å². The molecule has 25 heavy (non-hydrogen) atoms. The minimum absolute atomic E-state index is 0.0771. The van der Waals surface area contributed by atoms with Crippen molar-refractivity contribution < 1.29 is 12.8 Å². The lowest BCUT2D eigenvalue weighted by Crippen LogP contribution is -2.33. The average molecular weight is 367 g/mol. The zero-order chi connectivity index (χ0) is 18.0. The smallest absolute Gasteiger partial charge is 0.209 e. The molecule has 0 aliphatic carbocycles. The molecule has 8 nitrogen and oxygen atoms in total. The number of hydrogen-bond donors (Lipinski definition) is 1. The molecule has 1 atom stereocenters. The van der Waals surface area contributed by atoms with E-state index in [1.165, 1.54) is 6.26 Å². The van der Waals surface area contributed by atoms with Gasteiger partial charge >= 0.3 is 0 Å². The first-order valence-electron chi connectivity index (χ1n) is 8.46. The molecule has 9 heteroatoms. The van der Waals surface area contributed by atoms with Gasteiger partial charge in [0, 0.05) is 38.2 Å². The zero-order valence-corrected chi connectivity index (χ0v) is 15.7. The van der Waals surface area contributed by atoms with E-state index >= 15 is 0 Å². The molecule has 2 aromatic heterocycles. The molecular weight excluding hydrogens is 342 g/mol. The zero-order valence-electron chi connectivity index (χ0n) is 14.8. The number of nitrogens with zero attached hydrogens (tertiary/aromatic N) is 4. The second kappa shape index (κ2) is 7.27. The molecule has 0 fully saturated rings. The maximum absolute atomic E-state index is 11.7. The Morgan fingerprint density at radius 1 is 1.28 bits per heavy atom. The van der Waals surface area contributed by atoms with E-state index in [1.807, 2.05) is 19.9 Å². The van der Waals surface area contributed by atoms with Crippen molar-refractivity contribution in [2.75, 3.05) is 19.3 Å². The summed E-state index contributed by atoms with van der Waals surface area (Å²) in [4.78, 5) is 2.34. The molecule has 3 heterocycles. The van der Waals surface area contributed by atoms with Crippen molar-refractivity contribution in [3.8, 4) is 0 Å². The molecule has 3 rings (SSSR count). The van der Waals surface area contributed by atoms with Gasteiger partial charge in [0.25, 0.3) is 0 Å². The van der Waals surface area contributed by atoms with Crippen molar-refractivity contribution in [3.63, 3.8) is 0 Å². The monoisotopic (exact) mass is 367 g/mol. The van der Waals surface area contributed by atoms with Crippen LogP contribution in [0.15, 0.2) is 23.0 Å². The van der Waals surface area contributed by atoms with Crippen LogP contribution in [-0.2, 0) is 29.5 Å². The van der Waals surface area contributed by atoms with Gasteiger partial charge < -0.3 is 8.98 Å². The first-order valence-corrected chi connectivity index (χ1v) is 10.4. The summed E-state index contributed by atoms with van der Waals surface area (Å²) in [5.74, 6) is 1.68. The van der Waals surface area contributed by atoms with Crippen molar-refractivity contribution in [1.82, 2.24) is 24.4 Å². The number of fused-ring (bicyclic) bond motifs is 1. The van der Waals surface area contributed by atoms with Crippen LogP contribution in [-0.4, -0.2) is 47.4 Å². The standard InChI is InChI=1S/C16H25N5O3S/c1-12(2)15(19-25(3,22)23)16-18-17-14-4-6-20(7-8-21(14)16)10-13-5-9-24-11-13/h5,9,11-12,15,19H,4,6-8,10H2,1-3H3. The van der Waals surface area contributed by atoms with Crippen LogP contribution in [0.25, 0.3) is 0 Å². The Bertz CT molecular complexity index is 798. The van der Waals surface area contributed by atoms with E-state index in [4.69, 9.17) is 4.42 Å². The maximum Gasteiger partial charge on any atom is 0.209 e. The molecular formula is C16H25N5O3S. The highest BCUT2D eigenvalue weighted by molar-refractivity contribution is 7.88. The van der Waals surface area contributed by atoms with Gasteiger partial charge in [-0.3, -0.25) is 4.90 Å². The third-order valence-corrected chi connectivity index (χ3v) is 5.10. The molecule has 0 saturated heterocycles. The normalized spacial score (nSPS) is 17.4. The predicted octanol–water partition coefficient (Wildman–Crippen LogP) is 1.18. The van der Waals surface area contributed by atoms with Crippen LogP contribution < -0.4 is 4.72 Å². The highest BCUT2D eigenvalue weighted by atomic mass is 32.2. The van der Waals surface area contributed by atoms with Crippen LogP contribution in [0.4, 0.5) is 0 Å². The molecule has 0 bridgehead atoms. The topological polar surface area (TPSA) is 93.3 Å². The molecule has 2 aromatic rings. The van der Waals surface area contributed by atoms with Crippen molar-refractivity contribution >= 4 is 10.0 Å². The van der Waals surface area contributed by atoms with E-state index < -0.39 is 10.0 Å². The van der Waals surface area contributed by atoms with Gasteiger partial charge in [-0.2, -0.15) is 0 Å². The Kier molecular flexibility index (Phi) is 5.26. The van der Waals surface area contributed by atoms with Crippen molar-refractivity contribution in [1.29, 1.82) is 0 Å². The Morgan fingerprint density at radius 3 is 2.72 bits per heavy atom. The Labute approximate surface area is 148 Å². The number of furan rings is 1. The van der Waals surface area contributed by atoms with E-state index in [0.29, 0.717) is 5.82 Å². The number of hydrogen-bond acceptors (Lipinski definition) is 6. The van der Waals surface area contributed by atoms with E-state index in [0.717, 1.165) is 44.0 Å². The SMILES string of the molecule is CC(C)C(NS(C)(=O)=O)c1nnc2n1CCN(Cc1ccoc1)CC2. The third kappa shape index (κ3) is 4.47. The second-order valence-electron chi connectivity index (χ2n) is 6.90. The second-order valence-corrected chi connectivity index (χ2v) is 8.68. The Morgan fingerprint density at radius 2 is 2.08 bits per heavy atom.